The highest BCUT2D eigenvalue weighted by atomic mass is 32.1. The highest BCUT2D eigenvalue weighted by Crippen LogP contribution is 2.26. The summed E-state index contributed by atoms with van der Waals surface area (Å²) in [6.07, 6.45) is 2.98. The molecule has 0 radical (unpaired) electrons. The van der Waals surface area contributed by atoms with Crippen LogP contribution < -0.4 is 5.43 Å². The lowest BCUT2D eigenvalue weighted by Crippen LogP contribution is -1.99. The Kier molecular flexibility index (Phi) is 3.99. The van der Waals surface area contributed by atoms with Crippen LogP contribution in [0.1, 0.15) is 16.8 Å². The number of aromatic hydroxyl groups is 1. The van der Waals surface area contributed by atoms with Gasteiger partial charge >= 0.3 is 0 Å². The summed E-state index contributed by atoms with van der Waals surface area (Å²) < 4.78 is 1.07. The summed E-state index contributed by atoms with van der Waals surface area (Å²) in [5, 5.41) is 24.1. The number of fused-ring (bicyclic) bond motifs is 1. The second kappa shape index (κ2) is 6.08. The molecule has 0 saturated carbocycles. The maximum Gasteiger partial charge on any atom is 0.204 e. The molecule has 0 unspecified atom stereocenters. The lowest BCUT2D eigenvalue weighted by molar-refractivity contribution is 0.280. The van der Waals surface area contributed by atoms with Crippen molar-refractivity contribution in [3.05, 3.63) is 47.3 Å². The fraction of sp³-hybridized carbons (Fsp3) is 0.133. The maximum atomic E-state index is 10.0. The molecule has 0 aliphatic heterocycles. The minimum Gasteiger partial charge on any atom is -0.505 e. The first-order valence-electron chi connectivity index (χ1n) is 6.62. The molecule has 0 bridgehead atoms. The van der Waals surface area contributed by atoms with Crippen LogP contribution >= 0.6 is 11.3 Å². The molecule has 0 aliphatic rings. The lowest BCUT2D eigenvalue weighted by atomic mass is 10.1. The number of aryl methyl sites for hydroxylation is 1. The first-order valence-corrected chi connectivity index (χ1v) is 7.43. The summed E-state index contributed by atoms with van der Waals surface area (Å²) in [6, 6.07) is 7.81. The van der Waals surface area contributed by atoms with E-state index in [1.165, 1.54) is 23.7 Å². The summed E-state index contributed by atoms with van der Waals surface area (Å²) >= 11 is 1.49. The van der Waals surface area contributed by atoms with Crippen LogP contribution in [0, 0.1) is 6.92 Å². The van der Waals surface area contributed by atoms with Crippen molar-refractivity contribution in [2.24, 2.45) is 5.10 Å². The normalized spacial score (nSPS) is 11.4. The molecule has 0 spiro atoms. The highest BCUT2D eigenvalue weighted by molar-refractivity contribution is 7.22. The molecule has 0 fully saturated rings. The number of nitrogens with zero attached hydrogens (tertiary/aromatic N) is 3. The van der Waals surface area contributed by atoms with E-state index in [0.717, 1.165) is 10.2 Å². The Balaban J connectivity index is 1.84. The second-order valence-corrected chi connectivity index (χ2v) is 5.68. The first kappa shape index (κ1) is 14.4. The molecule has 3 N–H and O–H groups in total. The monoisotopic (exact) mass is 314 g/mol. The Morgan fingerprint density at radius 2 is 2.18 bits per heavy atom. The SMILES string of the molecule is Cc1ncc(CO)c(/C=N/Nc2nc3ccccc3s2)c1O. The smallest absolute Gasteiger partial charge is 0.204 e. The van der Waals surface area contributed by atoms with E-state index in [1.807, 2.05) is 24.3 Å². The molecule has 6 nitrogen and oxygen atoms in total. The van der Waals surface area contributed by atoms with Gasteiger partial charge in [0.1, 0.15) is 5.75 Å². The maximum absolute atomic E-state index is 10.0. The molecule has 0 saturated heterocycles. The van der Waals surface area contributed by atoms with Crippen molar-refractivity contribution in [2.45, 2.75) is 13.5 Å². The van der Waals surface area contributed by atoms with Crippen molar-refractivity contribution in [2.75, 3.05) is 5.43 Å². The van der Waals surface area contributed by atoms with Crippen LogP contribution in [0.4, 0.5) is 5.13 Å². The first-order chi connectivity index (χ1) is 10.7. The third-order valence-electron chi connectivity index (χ3n) is 3.18. The molecular formula is C15H14N4O2S. The molecule has 2 aromatic heterocycles. The topological polar surface area (TPSA) is 90.6 Å². The number of anilines is 1. The third-order valence-corrected chi connectivity index (χ3v) is 4.12. The number of pyridine rings is 1. The van der Waals surface area contributed by atoms with Crippen molar-refractivity contribution in [3.8, 4) is 5.75 Å². The van der Waals surface area contributed by atoms with Gasteiger partial charge in [-0.2, -0.15) is 5.10 Å². The summed E-state index contributed by atoms with van der Waals surface area (Å²) in [7, 11) is 0. The van der Waals surface area contributed by atoms with E-state index in [0.29, 0.717) is 22.0 Å². The van der Waals surface area contributed by atoms with Crippen molar-refractivity contribution >= 4 is 32.9 Å². The number of hydrazone groups is 1. The van der Waals surface area contributed by atoms with Gasteiger partial charge < -0.3 is 10.2 Å². The minimum absolute atomic E-state index is 0.0152. The number of rotatable bonds is 4. The van der Waals surface area contributed by atoms with Crippen LogP contribution in [-0.2, 0) is 6.61 Å². The van der Waals surface area contributed by atoms with E-state index < -0.39 is 0 Å². The summed E-state index contributed by atoms with van der Waals surface area (Å²) in [4.78, 5) is 8.40. The number of nitrogens with one attached hydrogen (secondary N) is 1. The van der Waals surface area contributed by atoms with Gasteiger partial charge in [-0.05, 0) is 19.1 Å². The Hall–Kier alpha value is -2.51. The molecule has 1 aromatic carbocycles. The van der Waals surface area contributed by atoms with Gasteiger partial charge in [-0.25, -0.2) is 4.98 Å². The average Bonchev–Trinajstić information content (AvgIpc) is 2.94. The van der Waals surface area contributed by atoms with Crippen molar-refractivity contribution < 1.29 is 10.2 Å². The minimum atomic E-state index is -0.219. The predicted octanol–water partition coefficient (Wildman–Crippen LogP) is 2.64. The molecule has 3 aromatic rings. The van der Waals surface area contributed by atoms with E-state index in [-0.39, 0.29) is 12.4 Å². The van der Waals surface area contributed by atoms with E-state index in [2.05, 4.69) is 20.5 Å². The molecule has 112 valence electrons. The van der Waals surface area contributed by atoms with Gasteiger partial charge in [0.05, 0.1) is 28.7 Å². The molecule has 3 rings (SSSR count). The van der Waals surface area contributed by atoms with Gasteiger partial charge in [0.2, 0.25) is 5.13 Å². The summed E-state index contributed by atoms with van der Waals surface area (Å²) in [5.41, 5.74) is 5.20. The molecule has 0 atom stereocenters. The largest absolute Gasteiger partial charge is 0.505 e. The number of thiazole rings is 1. The molecular weight excluding hydrogens is 300 g/mol. The molecule has 2 heterocycles. The zero-order chi connectivity index (χ0) is 15.5. The fourth-order valence-electron chi connectivity index (χ4n) is 1.99. The van der Waals surface area contributed by atoms with Crippen molar-refractivity contribution in [1.29, 1.82) is 0 Å². The van der Waals surface area contributed by atoms with Gasteiger partial charge in [0.25, 0.3) is 0 Å². The second-order valence-electron chi connectivity index (χ2n) is 4.65. The van der Waals surface area contributed by atoms with Crippen LogP contribution in [0.15, 0.2) is 35.6 Å². The summed E-state index contributed by atoms with van der Waals surface area (Å²) in [5.74, 6) is 0.0152. The third kappa shape index (κ3) is 2.76. The van der Waals surface area contributed by atoms with Gasteiger partial charge in [-0.15, -0.1) is 0 Å². The van der Waals surface area contributed by atoms with Gasteiger partial charge in [-0.1, -0.05) is 23.5 Å². The number of hydrogen-bond acceptors (Lipinski definition) is 7. The standard InChI is InChI=1S/C15H14N4O2S/c1-9-14(21)11(10(8-20)6-16-9)7-17-19-15-18-12-4-2-3-5-13(12)22-15/h2-7,20-21H,8H2,1H3,(H,18,19)/b17-7+. The Morgan fingerprint density at radius 3 is 2.95 bits per heavy atom. The Morgan fingerprint density at radius 1 is 1.36 bits per heavy atom. The fourth-order valence-corrected chi connectivity index (χ4v) is 2.81. The van der Waals surface area contributed by atoms with Gasteiger partial charge in [0.15, 0.2) is 0 Å². The van der Waals surface area contributed by atoms with Crippen LogP contribution in [0.2, 0.25) is 0 Å². The average molecular weight is 314 g/mol. The van der Waals surface area contributed by atoms with Crippen molar-refractivity contribution in [3.63, 3.8) is 0 Å². The molecule has 0 aliphatic carbocycles. The molecule has 7 heteroatoms. The van der Waals surface area contributed by atoms with Crippen LogP contribution in [0.5, 0.6) is 5.75 Å². The number of para-hydroxylation sites is 1. The Bertz CT molecular complexity index is 812. The number of benzene rings is 1. The lowest BCUT2D eigenvalue weighted by Gasteiger charge is -2.06. The number of hydrogen-bond donors (Lipinski definition) is 3. The van der Waals surface area contributed by atoms with E-state index in [4.69, 9.17) is 0 Å². The van der Waals surface area contributed by atoms with Crippen molar-refractivity contribution in [1.82, 2.24) is 9.97 Å². The summed E-state index contributed by atoms with van der Waals surface area (Å²) in [6.45, 7) is 1.47. The van der Waals surface area contributed by atoms with E-state index >= 15 is 0 Å². The van der Waals surface area contributed by atoms with Crippen LogP contribution in [0.25, 0.3) is 10.2 Å². The quantitative estimate of drug-likeness (QED) is 0.509. The highest BCUT2D eigenvalue weighted by Gasteiger charge is 2.09. The predicted molar refractivity (Wildman–Crippen MR) is 87.4 cm³/mol. The molecule has 22 heavy (non-hydrogen) atoms. The number of aromatic nitrogens is 2. The van der Waals surface area contributed by atoms with E-state index in [1.54, 1.807) is 6.92 Å². The molecule has 0 amide bonds. The Labute approximate surface area is 130 Å². The number of aliphatic hydroxyl groups excluding tert-OH is 1. The van der Waals surface area contributed by atoms with Gasteiger partial charge in [0, 0.05) is 17.3 Å². The van der Waals surface area contributed by atoms with E-state index in [9.17, 15) is 10.2 Å². The zero-order valence-electron chi connectivity index (χ0n) is 11.8. The number of aliphatic hydroxyl groups is 1. The zero-order valence-corrected chi connectivity index (χ0v) is 12.6. The van der Waals surface area contributed by atoms with Gasteiger partial charge in [-0.3, -0.25) is 10.4 Å². The van der Waals surface area contributed by atoms with Crippen LogP contribution in [0.3, 0.4) is 0 Å². The van der Waals surface area contributed by atoms with Crippen LogP contribution in [-0.4, -0.2) is 26.4 Å².